The monoisotopic (exact) mass is 480 g/mol. The number of hydrogen-bond acceptors (Lipinski definition) is 6. The number of aromatic nitrogens is 5. The van der Waals surface area contributed by atoms with Gasteiger partial charge in [0.25, 0.3) is 0 Å². The van der Waals surface area contributed by atoms with Gasteiger partial charge >= 0.3 is 0 Å². The number of para-hydroxylation sites is 1. The van der Waals surface area contributed by atoms with Gasteiger partial charge in [-0.25, -0.2) is 9.07 Å². The number of halogens is 1. The molecule has 2 aromatic carbocycles. The first-order chi connectivity index (χ1) is 16.5. The third-order valence-corrected chi connectivity index (χ3v) is 5.84. The highest BCUT2D eigenvalue weighted by Crippen LogP contribution is 2.30. The van der Waals surface area contributed by atoms with E-state index in [1.807, 2.05) is 45.0 Å². The maximum atomic E-state index is 14.8. The van der Waals surface area contributed by atoms with Crippen molar-refractivity contribution in [2.45, 2.75) is 32.0 Å². The molecule has 0 bridgehead atoms. The zero-order chi connectivity index (χ0) is 24.1. The van der Waals surface area contributed by atoms with Crippen LogP contribution in [0.15, 0.2) is 66.0 Å². The van der Waals surface area contributed by atoms with Crippen LogP contribution >= 0.6 is 11.8 Å². The molecule has 0 radical (unpaired) electrons. The fourth-order valence-corrected chi connectivity index (χ4v) is 4.15. The van der Waals surface area contributed by atoms with Crippen molar-refractivity contribution in [1.82, 2.24) is 24.5 Å². The maximum Gasteiger partial charge on any atom is 0.235 e. The molecule has 0 atom stereocenters. The van der Waals surface area contributed by atoms with Crippen molar-refractivity contribution in [3.8, 4) is 22.8 Å². The van der Waals surface area contributed by atoms with Gasteiger partial charge in [0.1, 0.15) is 17.4 Å². The average molecular weight is 481 g/mol. The minimum absolute atomic E-state index is 0.0686. The van der Waals surface area contributed by atoms with E-state index in [1.165, 1.54) is 17.8 Å². The lowest BCUT2D eigenvalue weighted by molar-refractivity contribution is -0.113. The zero-order valence-corrected chi connectivity index (χ0v) is 19.9. The molecule has 4 aromatic rings. The Labute approximate surface area is 201 Å². The van der Waals surface area contributed by atoms with Gasteiger partial charge in [-0.15, -0.1) is 10.2 Å². The Kier molecular flexibility index (Phi) is 7.27. The lowest BCUT2D eigenvalue weighted by atomic mass is 10.2. The van der Waals surface area contributed by atoms with Crippen molar-refractivity contribution in [3.05, 3.63) is 66.6 Å². The first-order valence-electron chi connectivity index (χ1n) is 10.9. The number of nitrogens with zero attached hydrogens (tertiary/aromatic N) is 5. The number of anilines is 1. The van der Waals surface area contributed by atoms with Crippen LogP contribution in [0, 0.1) is 5.82 Å². The summed E-state index contributed by atoms with van der Waals surface area (Å²) >= 11 is 1.18. The highest BCUT2D eigenvalue weighted by Gasteiger charge is 2.20. The smallest absolute Gasteiger partial charge is 0.235 e. The molecular weight excluding hydrogens is 455 g/mol. The molecule has 4 rings (SSSR count). The van der Waals surface area contributed by atoms with E-state index >= 15 is 0 Å². The van der Waals surface area contributed by atoms with E-state index in [1.54, 1.807) is 39.7 Å². The standard InChI is InChI=1S/C24H25FN6O2S/c1-4-33-18-11-9-17(10-12-18)23-28-29-24(30(23)20-8-6-5-7-19(20)25)34-15-22(32)27-21-13-14-26-31(21)16(2)3/h5-14,16H,4,15H2,1-3H3,(H,27,32). The van der Waals surface area contributed by atoms with Crippen molar-refractivity contribution in [3.63, 3.8) is 0 Å². The molecule has 0 saturated carbocycles. The summed E-state index contributed by atoms with van der Waals surface area (Å²) in [6.07, 6.45) is 1.64. The van der Waals surface area contributed by atoms with Crippen LogP contribution in [0.2, 0.25) is 0 Å². The van der Waals surface area contributed by atoms with Gasteiger partial charge in [0, 0.05) is 17.7 Å². The van der Waals surface area contributed by atoms with Gasteiger partial charge in [0.2, 0.25) is 5.91 Å². The molecule has 10 heteroatoms. The van der Waals surface area contributed by atoms with Crippen LogP contribution in [0.4, 0.5) is 10.2 Å². The van der Waals surface area contributed by atoms with Crippen LogP contribution in [0.3, 0.4) is 0 Å². The highest BCUT2D eigenvalue weighted by atomic mass is 32.2. The molecule has 176 valence electrons. The van der Waals surface area contributed by atoms with Crippen molar-refractivity contribution in [2.24, 2.45) is 0 Å². The van der Waals surface area contributed by atoms with Crippen LogP contribution in [0.25, 0.3) is 17.1 Å². The number of benzene rings is 2. The predicted molar refractivity (Wildman–Crippen MR) is 130 cm³/mol. The maximum absolute atomic E-state index is 14.8. The SMILES string of the molecule is CCOc1ccc(-c2nnc(SCC(=O)Nc3ccnn3C(C)C)n2-c2ccccc2F)cc1. The number of rotatable bonds is 9. The molecule has 1 amide bonds. The van der Waals surface area contributed by atoms with Gasteiger partial charge in [-0.05, 0) is 57.2 Å². The fourth-order valence-electron chi connectivity index (χ4n) is 3.40. The summed E-state index contributed by atoms with van der Waals surface area (Å²) in [4.78, 5) is 12.6. The molecule has 1 N–H and O–H groups in total. The Morgan fingerprint density at radius 2 is 1.88 bits per heavy atom. The van der Waals surface area contributed by atoms with Crippen LogP contribution in [-0.2, 0) is 4.79 Å². The van der Waals surface area contributed by atoms with Gasteiger partial charge in [-0.3, -0.25) is 9.36 Å². The molecule has 0 unspecified atom stereocenters. The Balaban J connectivity index is 1.60. The number of hydrogen-bond donors (Lipinski definition) is 1. The van der Waals surface area contributed by atoms with Crippen molar-refractivity contribution >= 4 is 23.5 Å². The second-order valence-electron chi connectivity index (χ2n) is 7.64. The number of nitrogens with one attached hydrogen (secondary N) is 1. The van der Waals surface area contributed by atoms with Crippen molar-refractivity contribution in [1.29, 1.82) is 0 Å². The second kappa shape index (κ2) is 10.5. The molecule has 0 spiro atoms. The molecule has 0 aliphatic carbocycles. The molecule has 8 nitrogen and oxygen atoms in total. The number of carbonyl (C=O) groups is 1. The Morgan fingerprint density at radius 1 is 1.12 bits per heavy atom. The lowest BCUT2D eigenvalue weighted by Gasteiger charge is -2.13. The number of ether oxygens (including phenoxy) is 1. The average Bonchev–Trinajstić information content (AvgIpc) is 3.46. The minimum atomic E-state index is -0.415. The summed E-state index contributed by atoms with van der Waals surface area (Å²) in [5, 5.41) is 16.1. The highest BCUT2D eigenvalue weighted by molar-refractivity contribution is 7.99. The summed E-state index contributed by atoms with van der Waals surface area (Å²) in [5.74, 6) is 1.24. The van der Waals surface area contributed by atoms with E-state index in [4.69, 9.17) is 4.74 Å². The van der Waals surface area contributed by atoms with Crippen LogP contribution in [-0.4, -0.2) is 42.8 Å². The number of carbonyl (C=O) groups excluding carboxylic acids is 1. The van der Waals surface area contributed by atoms with Gasteiger partial charge in [0.15, 0.2) is 11.0 Å². The quantitative estimate of drug-likeness (QED) is 0.340. The molecule has 0 fully saturated rings. The Bertz CT molecular complexity index is 1270. The summed E-state index contributed by atoms with van der Waals surface area (Å²) in [6.45, 7) is 6.44. The minimum Gasteiger partial charge on any atom is -0.494 e. The number of amides is 1. The van der Waals surface area contributed by atoms with Crippen molar-refractivity contribution < 1.29 is 13.9 Å². The van der Waals surface area contributed by atoms with E-state index in [9.17, 15) is 9.18 Å². The summed E-state index contributed by atoms with van der Waals surface area (Å²) < 4.78 is 23.6. The molecule has 2 heterocycles. The third kappa shape index (κ3) is 5.12. The summed E-state index contributed by atoms with van der Waals surface area (Å²) in [5.41, 5.74) is 1.05. The summed E-state index contributed by atoms with van der Waals surface area (Å²) in [7, 11) is 0. The topological polar surface area (TPSA) is 86.9 Å². The first kappa shape index (κ1) is 23.5. The largest absolute Gasteiger partial charge is 0.494 e. The predicted octanol–water partition coefficient (Wildman–Crippen LogP) is 4.98. The van der Waals surface area contributed by atoms with Crippen LogP contribution < -0.4 is 10.1 Å². The van der Waals surface area contributed by atoms with Gasteiger partial charge in [-0.1, -0.05) is 23.9 Å². The molecular formula is C24H25FN6O2S. The first-order valence-corrected chi connectivity index (χ1v) is 11.9. The van der Waals surface area contributed by atoms with Gasteiger partial charge < -0.3 is 10.1 Å². The summed E-state index contributed by atoms with van der Waals surface area (Å²) in [6, 6.07) is 15.6. The van der Waals surface area contributed by atoms with Crippen LogP contribution in [0.5, 0.6) is 5.75 Å². The van der Waals surface area contributed by atoms with Gasteiger partial charge in [0.05, 0.1) is 24.2 Å². The molecule has 34 heavy (non-hydrogen) atoms. The van der Waals surface area contributed by atoms with E-state index in [-0.39, 0.29) is 17.7 Å². The fraction of sp³-hybridized carbons (Fsp3) is 0.250. The van der Waals surface area contributed by atoms with Crippen LogP contribution in [0.1, 0.15) is 26.8 Å². The third-order valence-electron chi connectivity index (χ3n) is 4.91. The van der Waals surface area contributed by atoms with E-state index < -0.39 is 5.82 Å². The van der Waals surface area contributed by atoms with Gasteiger partial charge in [-0.2, -0.15) is 5.10 Å². The molecule has 0 aliphatic rings. The molecule has 0 saturated heterocycles. The lowest BCUT2D eigenvalue weighted by Crippen LogP contribution is -2.18. The van der Waals surface area contributed by atoms with E-state index in [0.29, 0.717) is 29.1 Å². The normalized spacial score (nSPS) is 11.1. The molecule has 0 aliphatic heterocycles. The molecule has 2 aromatic heterocycles. The second-order valence-corrected chi connectivity index (χ2v) is 8.58. The van der Waals surface area contributed by atoms with E-state index in [2.05, 4.69) is 20.6 Å². The Hall–Kier alpha value is -3.66. The van der Waals surface area contributed by atoms with Crippen molar-refractivity contribution in [2.75, 3.05) is 17.7 Å². The van der Waals surface area contributed by atoms with E-state index in [0.717, 1.165) is 11.3 Å². The zero-order valence-electron chi connectivity index (χ0n) is 19.1. The number of thioether (sulfide) groups is 1. The Morgan fingerprint density at radius 3 is 2.59 bits per heavy atom.